The van der Waals surface area contributed by atoms with Crippen LogP contribution in [0.15, 0.2) is 91.0 Å². The van der Waals surface area contributed by atoms with Gasteiger partial charge in [-0.15, -0.1) is 0 Å². The van der Waals surface area contributed by atoms with E-state index in [1.165, 1.54) is 0 Å². The van der Waals surface area contributed by atoms with Gasteiger partial charge in [0.25, 0.3) is 0 Å². The van der Waals surface area contributed by atoms with Gasteiger partial charge in [0.05, 0.1) is 6.54 Å². The van der Waals surface area contributed by atoms with Crippen LogP contribution in [-0.2, 0) is 4.74 Å². The van der Waals surface area contributed by atoms with Gasteiger partial charge in [-0.1, -0.05) is 54.6 Å². The minimum atomic E-state index is -2.59. The van der Waals surface area contributed by atoms with Crippen LogP contribution in [-0.4, -0.2) is 34.6 Å². The van der Waals surface area contributed by atoms with Gasteiger partial charge in [-0.25, -0.2) is 4.79 Å². The molecule has 3 rings (SSSR count). The molecule has 0 heterocycles. The molecule has 5 heteroatoms. The van der Waals surface area contributed by atoms with Gasteiger partial charge in [-0.3, -0.25) is 0 Å². The Hall–Kier alpha value is -2.68. The molecule has 0 spiro atoms. The number of nitrogens with zero attached hydrogens (tertiary/aromatic N) is 1. The standard InChI is InChI=1S/C26H31NO3P/c1-26(2,3)30-25(29)27(20-13-21-28)31(22-14-7-4-8-15-22,23-16-9-5-10-17-23)24-18-11-6-12-19-24/h4-12,14-19,28H,13,20-21H2,1-3H3/q+1. The summed E-state index contributed by atoms with van der Waals surface area (Å²) in [5.74, 6) is 0. The van der Waals surface area contributed by atoms with Crippen molar-refractivity contribution in [3.63, 3.8) is 0 Å². The molecular weight excluding hydrogens is 405 g/mol. The van der Waals surface area contributed by atoms with E-state index in [1.807, 2.05) is 80.0 Å². The molecule has 1 amide bonds. The molecule has 0 saturated carbocycles. The van der Waals surface area contributed by atoms with E-state index >= 15 is 0 Å². The fourth-order valence-electron chi connectivity index (χ4n) is 3.70. The number of carbonyl (C=O) groups is 1. The number of benzene rings is 3. The van der Waals surface area contributed by atoms with Gasteiger partial charge in [-0.2, -0.15) is 4.67 Å². The number of carbonyl (C=O) groups excluding carboxylic acids is 1. The largest absolute Gasteiger partial charge is 0.443 e. The highest BCUT2D eigenvalue weighted by atomic mass is 31.2. The van der Waals surface area contributed by atoms with E-state index in [4.69, 9.17) is 4.74 Å². The van der Waals surface area contributed by atoms with Crippen molar-refractivity contribution in [2.24, 2.45) is 0 Å². The van der Waals surface area contributed by atoms with Crippen molar-refractivity contribution >= 4 is 29.4 Å². The van der Waals surface area contributed by atoms with Crippen molar-refractivity contribution in [3.05, 3.63) is 91.0 Å². The second kappa shape index (κ2) is 10.1. The van der Waals surface area contributed by atoms with Crippen LogP contribution in [0.2, 0.25) is 0 Å². The van der Waals surface area contributed by atoms with Crippen molar-refractivity contribution in [3.8, 4) is 0 Å². The lowest BCUT2D eigenvalue weighted by Crippen LogP contribution is -2.48. The minimum Gasteiger partial charge on any atom is -0.442 e. The summed E-state index contributed by atoms with van der Waals surface area (Å²) in [4.78, 5) is 13.7. The summed E-state index contributed by atoms with van der Waals surface area (Å²) < 4.78 is 7.77. The maximum Gasteiger partial charge on any atom is 0.443 e. The fraction of sp³-hybridized carbons (Fsp3) is 0.269. The number of ether oxygens (including phenoxy) is 1. The van der Waals surface area contributed by atoms with Crippen LogP contribution in [0.5, 0.6) is 0 Å². The summed E-state index contributed by atoms with van der Waals surface area (Å²) in [5.41, 5.74) is -0.631. The zero-order chi connectivity index (χ0) is 22.3. The fourth-order valence-corrected chi connectivity index (χ4v) is 7.96. The number of hydrogen-bond acceptors (Lipinski definition) is 3. The second-order valence-electron chi connectivity index (χ2n) is 8.32. The molecule has 3 aromatic carbocycles. The monoisotopic (exact) mass is 436 g/mol. The van der Waals surface area contributed by atoms with Crippen LogP contribution >= 0.6 is 7.41 Å². The van der Waals surface area contributed by atoms with Crippen molar-refractivity contribution in [2.45, 2.75) is 32.8 Å². The van der Waals surface area contributed by atoms with Crippen LogP contribution in [0, 0.1) is 0 Å². The lowest BCUT2D eigenvalue weighted by Gasteiger charge is -2.37. The number of aliphatic hydroxyl groups is 1. The van der Waals surface area contributed by atoms with Gasteiger partial charge in [0, 0.05) is 6.61 Å². The maximum absolute atomic E-state index is 13.7. The van der Waals surface area contributed by atoms with E-state index in [0.29, 0.717) is 13.0 Å². The van der Waals surface area contributed by atoms with Gasteiger partial charge in [0.2, 0.25) is 7.41 Å². The van der Waals surface area contributed by atoms with Crippen molar-refractivity contribution in [1.29, 1.82) is 0 Å². The molecular formula is C26H31NO3P+. The maximum atomic E-state index is 13.7. The molecule has 0 bridgehead atoms. The van der Waals surface area contributed by atoms with E-state index in [9.17, 15) is 9.90 Å². The first-order chi connectivity index (χ1) is 14.9. The quantitative estimate of drug-likeness (QED) is 0.555. The summed E-state index contributed by atoms with van der Waals surface area (Å²) >= 11 is 0. The highest BCUT2D eigenvalue weighted by Gasteiger charge is 2.54. The van der Waals surface area contributed by atoms with E-state index in [1.54, 1.807) is 0 Å². The molecule has 1 N–H and O–H groups in total. The predicted octanol–water partition coefficient (Wildman–Crippen LogP) is 4.52. The summed E-state index contributed by atoms with van der Waals surface area (Å²) in [6.45, 7) is 6.02. The number of aliphatic hydroxyl groups excluding tert-OH is 1. The SMILES string of the molecule is CC(C)(C)OC(=O)N(CCCO)[P+](c1ccccc1)(c1ccccc1)c1ccccc1. The first-order valence-corrected chi connectivity index (χ1v) is 12.3. The van der Waals surface area contributed by atoms with Gasteiger partial charge >= 0.3 is 6.09 Å². The van der Waals surface area contributed by atoms with E-state index in [0.717, 1.165) is 15.9 Å². The molecule has 0 radical (unpaired) electrons. The van der Waals surface area contributed by atoms with Crippen LogP contribution in [0.3, 0.4) is 0 Å². The summed E-state index contributed by atoms with van der Waals surface area (Å²) in [6, 6.07) is 30.5. The normalized spacial score (nSPS) is 11.7. The Morgan fingerprint density at radius 2 is 1.19 bits per heavy atom. The number of amides is 1. The average molecular weight is 437 g/mol. The topological polar surface area (TPSA) is 49.8 Å². The summed E-state index contributed by atoms with van der Waals surface area (Å²) in [6.07, 6.45) is 0.0962. The van der Waals surface area contributed by atoms with Gasteiger partial charge in [0.1, 0.15) is 21.5 Å². The van der Waals surface area contributed by atoms with E-state index in [-0.39, 0.29) is 12.7 Å². The molecule has 31 heavy (non-hydrogen) atoms. The Labute approximate surface area is 185 Å². The molecule has 0 saturated heterocycles. The molecule has 0 unspecified atom stereocenters. The lowest BCUT2D eigenvalue weighted by atomic mass is 10.2. The Bertz CT molecular complexity index is 860. The zero-order valence-corrected chi connectivity index (χ0v) is 19.3. The molecule has 162 valence electrons. The first kappa shape index (κ1) is 23.0. The molecule has 0 aliphatic rings. The van der Waals surface area contributed by atoms with Crippen LogP contribution in [0.1, 0.15) is 27.2 Å². The molecule has 0 fully saturated rings. The lowest BCUT2D eigenvalue weighted by molar-refractivity contribution is 0.0390. The van der Waals surface area contributed by atoms with Gasteiger partial charge in [0.15, 0.2) is 0 Å². The van der Waals surface area contributed by atoms with Crippen molar-refractivity contribution < 1.29 is 14.6 Å². The highest BCUT2D eigenvalue weighted by molar-refractivity contribution is 7.94. The van der Waals surface area contributed by atoms with E-state index < -0.39 is 13.0 Å². The van der Waals surface area contributed by atoms with Gasteiger partial charge < -0.3 is 9.84 Å². The van der Waals surface area contributed by atoms with Crippen LogP contribution in [0.4, 0.5) is 4.79 Å². The molecule has 0 aromatic heterocycles. The Morgan fingerprint density at radius 1 is 0.806 bits per heavy atom. The van der Waals surface area contributed by atoms with Crippen LogP contribution in [0.25, 0.3) is 0 Å². The zero-order valence-electron chi connectivity index (χ0n) is 18.4. The number of rotatable bonds is 7. The third kappa shape index (κ3) is 5.15. The highest BCUT2D eigenvalue weighted by Crippen LogP contribution is 2.59. The third-order valence-electron chi connectivity index (χ3n) is 4.88. The Kier molecular flexibility index (Phi) is 7.48. The Balaban J connectivity index is 2.35. The molecule has 4 nitrogen and oxygen atoms in total. The smallest absolute Gasteiger partial charge is 0.442 e. The minimum absolute atomic E-state index is 0.00231. The second-order valence-corrected chi connectivity index (χ2v) is 11.6. The van der Waals surface area contributed by atoms with E-state index in [2.05, 4.69) is 36.4 Å². The van der Waals surface area contributed by atoms with Gasteiger partial charge in [-0.05, 0) is 63.6 Å². The average Bonchev–Trinajstić information content (AvgIpc) is 2.77. The van der Waals surface area contributed by atoms with Crippen molar-refractivity contribution in [1.82, 2.24) is 4.67 Å². The van der Waals surface area contributed by atoms with Crippen molar-refractivity contribution in [2.75, 3.05) is 13.2 Å². The van der Waals surface area contributed by atoms with Crippen LogP contribution < -0.4 is 15.9 Å². The third-order valence-corrected chi connectivity index (χ3v) is 9.11. The molecule has 3 aromatic rings. The Morgan fingerprint density at radius 3 is 1.52 bits per heavy atom. The summed E-state index contributed by atoms with van der Waals surface area (Å²) in [5, 5.41) is 12.8. The number of hydrogen-bond donors (Lipinski definition) is 1. The molecule has 0 atom stereocenters. The predicted molar refractivity (Wildman–Crippen MR) is 130 cm³/mol. The molecule has 0 aliphatic carbocycles. The summed E-state index contributed by atoms with van der Waals surface area (Å²) in [7, 11) is -2.59. The first-order valence-electron chi connectivity index (χ1n) is 10.6. The molecule has 0 aliphatic heterocycles.